The van der Waals surface area contributed by atoms with Crippen LogP contribution in [0.25, 0.3) is 6.08 Å². The zero-order valence-electron chi connectivity index (χ0n) is 12.3. The molecule has 4 nitrogen and oxygen atoms in total. The van der Waals surface area contributed by atoms with Crippen LogP contribution in [0.5, 0.6) is 0 Å². The van der Waals surface area contributed by atoms with E-state index >= 15 is 0 Å². The van der Waals surface area contributed by atoms with Crippen LogP contribution in [-0.2, 0) is 11.3 Å². The van der Waals surface area contributed by atoms with E-state index in [9.17, 15) is 9.59 Å². The minimum Gasteiger partial charge on any atom is -0.268 e. The van der Waals surface area contributed by atoms with Crippen molar-refractivity contribution in [3.63, 3.8) is 0 Å². The summed E-state index contributed by atoms with van der Waals surface area (Å²) in [6.45, 7) is 2.14. The lowest BCUT2D eigenvalue weighted by Crippen LogP contribution is -2.27. The third-order valence-corrected chi connectivity index (χ3v) is 5.03. The van der Waals surface area contributed by atoms with Crippen molar-refractivity contribution in [1.82, 2.24) is 9.88 Å². The molecule has 0 atom stereocenters. The van der Waals surface area contributed by atoms with E-state index in [1.165, 1.54) is 4.90 Å². The Balaban J connectivity index is 1.84. The number of amides is 2. The van der Waals surface area contributed by atoms with Crippen LogP contribution in [0.15, 0.2) is 51.8 Å². The molecule has 1 aliphatic heterocycles. The third-order valence-electron chi connectivity index (χ3n) is 3.35. The quantitative estimate of drug-likeness (QED) is 0.731. The first-order valence-electron chi connectivity index (χ1n) is 6.97. The fourth-order valence-corrected chi connectivity index (χ4v) is 3.45. The molecule has 2 amide bonds. The molecule has 23 heavy (non-hydrogen) atoms. The number of benzene rings is 1. The Hall–Kier alpha value is -1.92. The predicted octanol–water partition coefficient (Wildman–Crippen LogP) is 4.39. The first-order chi connectivity index (χ1) is 11.0. The fraction of sp³-hybridized carbons (Fsp3) is 0.118. The molecule has 6 heteroatoms. The van der Waals surface area contributed by atoms with E-state index in [2.05, 4.69) is 20.9 Å². The van der Waals surface area contributed by atoms with Gasteiger partial charge in [-0.15, -0.1) is 0 Å². The summed E-state index contributed by atoms with van der Waals surface area (Å²) in [5.74, 6) is -0.279. The second-order valence-corrected chi connectivity index (χ2v) is 6.91. The fourth-order valence-electron chi connectivity index (χ4n) is 2.21. The van der Waals surface area contributed by atoms with Gasteiger partial charge in [0, 0.05) is 10.2 Å². The monoisotopic (exact) mass is 388 g/mol. The van der Waals surface area contributed by atoms with Crippen molar-refractivity contribution in [2.45, 2.75) is 13.5 Å². The molecule has 2 heterocycles. The van der Waals surface area contributed by atoms with Crippen molar-refractivity contribution in [2.75, 3.05) is 0 Å². The van der Waals surface area contributed by atoms with E-state index in [4.69, 9.17) is 0 Å². The summed E-state index contributed by atoms with van der Waals surface area (Å²) in [7, 11) is 0. The minimum atomic E-state index is -0.279. The number of aryl methyl sites for hydroxylation is 1. The number of hydrogen-bond donors (Lipinski definition) is 0. The molecule has 0 spiro atoms. The largest absolute Gasteiger partial charge is 0.293 e. The molecular weight excluding hydrogens is 376 g/mol. The molecule has 1 fully saturated rings. The highest BCUT2D eigenvalue weighted by Gasteiger charge is 2.35. The first kappa shape index (κ1) is 16.0. The van der Waals surface area contributed by atoms with Crippen LogP contribution >= 0.6 is 27.7 Å². The van der Waals surface area contributed by atoms with Gasteiger partial charge in [-0.3, -0.25) is 19.5 Å². The Labute approximate surface area is 146 Å². The van der Waals surface area contributed by atoms with Gasteiger partial charge in [0.05, 0.1) is 17.1 Å². The Morgan fingerprint density at radius 2 is 1.96 bits per heavy atom. The molecule has 1 aromatic carbocycles. The molecule has 0 bridgehead atoms. The Kier molecular flexibility index (Phi) is 4.63. The van der Waals surface area contributed by atoms with Crippen LogP contribution < -0.4 is 0 Å². The van der Waals surface area contributed by atoms with Crippen LogP contribution in [0.4, 0.5) is 4.79 Å². The second-order valence-electron chi connectivity index (χ2n) is 5.06. The number of hydrogen-bond acceptors (Lipinski definition) is 4. The van der Waals surface area contributed by atoms with E-state index in [1.807, 2.05) is 49.4 Å². The third kappa shape index (κ3) is 3.54. The van der Waals surface area contributed by atoms with Gasteiger partial charge in [0.25, 0.3) is 11.1 Å². The number of carbonyl (C=O) groups excluding carboxylic acids is 2. The smallest absolute Gasteiger partial charge is 0.268 e. The van der Waals surface area contributed by atoms with Crippen LogP contribution in [-0.4, -0.2) is 21.0 Å². The van der Waals surface area contributed by atoms with E-state index in [-0.39, 0.29) is 17.7 Å². The lowest BCUT2D eigenvalue weighted by Gasteiger charge is -2.13. The maximum Gasteiger partial charge on any atom is 0.293 e. The summed E-state index contributed by atoms with van der Waals surface area (Å²) in [6.07, 6.45) is 1.66. The lowest BCUT2D eigenvalue weighted by atomic mass is 10.2. The average molecular weight is 389 g/mol. The Bertz CT molecular complexity index is 820. The summed E-state index contributed by atoms with van der Waals surface area (Å²) in [5.41, 5.74) is 2.44. The molecule has 1 aromatic heterocycles. The van der Waals surface area contributed by atoms with Gasteiger partial charge in [-0.05, 0) is 48.5 Å². The lowest BCUT2D eigenvalue weighted by molar-refractivity contribution is -0.123. The van der Waals surface area contributed by atoms with Gasteiger partial charge in [0.1, 0.15) is 0 Å². The van der Waals surface area contributed by atoms with Crippen molar-refractivity contribution in [3.8, 4) is 0 Å². The maximum absolute atomic E-state index is 12.5. The molecule has 1 aliphatic rings. The average Bonchev–Trinajstić information content (AvgIpc) is 2.77. The number of thioether (sulfide) groups is 1. The highest BCUT2D eigenvalue weighted by atomic mass is 79.9. The van der Waals surface area contributed by atoms with Crippen LogP contribution in [0.3, 0.4) is 0 Å². The van der Waals surface area contributed by atoms with Crippen LogP contribution in [0, 0.1) is 6.92 Å². The van der Waals surface area contributed by atoms with E-state index < -0.39 is 0 Å². The summed E-state index contributed by atoms with van der Waals surface area (Å²) < 4.78 is 0.878. The van der Waals surface area contributed by atoms with Crippen LogP contribution in [0.2, 0.25) is 0 Å². The van der Waals surface area contributed by atoms with Gasteiger partial charge in [-0.2, -0.15) is 0 Å². The van der Waals surface area contributed by atoms with Gasteiger partial charge < -0.3 is 0 Å². The SMILES string of the molecule is Cc1cccc(/C=C2/SC(=O)N(Cc3ccccc3Br)C2=O)n1. The molecule has 0 N–H and O–H groups in total. The van der Waals surface area contributed by atoms with Crippen LogP contribution in [0.1, 0.15) is 17.0 Å². The summed E-state index contributed by atoms with van der Waals surface area (Å²) in [5, 5.41) is -0.260. The molecule has 0 unspecified atom stereocenters. The van der Waals surface area contributed by atoms with E-state index in [1.54, 1.807) is 6.08 Å². The number of pyridine rings is 1. The minimum absolute atomic E-state index is 0.255. The van der Waals surface area contributed by atoms with Gasteiger partial charge in [-0.1, -0.05) is 40.2 Å². The number of nitrogens with zero attached hydrogens (tertiary/aromatic N) is 2. The zero-order valence-corrected chi connectivity index (χ0v) is 14.7. The number of halogens is 1. The van der Waals surface area contributed by atoms with Crippen molar-refractivity contribution < 1.29 is 9.59 Å². The summed E-state index contributed by atoms with van der Waals surface area (Å²) in [4.78, 5) is 30.7. The van der Waals surface area contributed by atoms with Crippen molar-refractivity contribution >= 4 is 44.9 Å². The number of rotatable bonds is 3. The summed E-state index contributed by atoms with van der Waals surface area (Å²) >= 11 is 4.39. The zero-order chi connectivity index (χ0) is 16.4. The van der Waals surface area contributed by atoms with Gasteiger partial charge in [0.2, 0.25) is 0 Å². The molecule has 116 valence electrons. The molecule has 2 aromatic rings. The van der Waals surface area contributed by atoms with Crippen molar-refractivity contribution in [1.29, 1.82) is 0 Å². The first-order valence-corrected chi connectivity index (χ1v) is 8.58. The molecule has 0 saturated carbocycles. The number of carbonyl (C=O) groups is 2. The molecular formula is C17H13BrN2O2S. The highest BCUT2D eigenvalue weighted by molar-refractivity contribution is 9.10. The predicted molar refractivity (Wildman–Crippen MR) is 94.6 cm³/mol. The second kappa shape index (κ2) is 6.68. The number of imide groups is 1. The standard InChI is InChI=1S/C17H13BrN2O2S/c1-11-5-4-7-13(19-11)9-15-16(21)20(17(22)23-15)10-12-6-2-3-8-14(12)18/h2-9H,10H2,1H3/b15-9+. The normalized spacial score (nSPS) is 16.4. The maximum atomic E-state index is 12.5. The number of aromatic nitrogens is 1. The van der Waals surface area contributed by atoms with E-state index in [0.717, 1.165) is 27.5 Å². The summed E-state index contributed by atoms with van der Waals surface area (Å²) in [6, 6.07) is 13.1. The van der Waals surface area contributed by atoms with Crippen molar-refractivity contribution in [2.24, 2.45) is 0 Å². The topological polar surface area (TPSA) is 50.3 Å². The van der Waals surface area contributed by atoms with Crippen molar-refractivity contribution in [3.05, 3.63) is 68.8 Å². The van der Waals surface area contributed by atoms with Gasteiger partial charge >= 0.3 is 0 Å². The molecule has 3 rings (SSSR count). The van der Waals surface area contributed by atoms with Gasteiger partial charge in [-0.25, -0.2) is 0 Å². The van der Waals surface area contributed by atoms with Gasteiger partial charge in [0.15, 0.2) is 0 Å². The highest BCUT2D eigenvalue weighted by Crippen LogP contribution is 2.33. The Morgan fingerprint density at radius 1 is 1.17 bits per heavy atom. The van der Waals surface area contributed by atoms with E-state index in [0.29, 0.717) is 10.6 Å². The Morgan fingerprint density at radius 3 is 2.70 bits per heavy atom. The molecule has 0 radical (unpaired) electrons. The molecule has 0 aliphatic carbocycles. The molecule has 1 saturated heterocycles.